The lowest BCUT2D eigenvalue weighted by Crippen LogP contribution is -2.18. The van der Waals surface area contributed by atoms with Gasteiger partial charge in [0.05, 0.1) is 28.5 Å². The molecule has 8 heteroatoms. The van der Waals surface area contributed by atoms with E-state index in [9.17, 15) is 14.4 Å². The van der Waals surface area contributed by atoms with Gasteiger partial charge in [0.2, 0.25) is 0 Å². The van der Waals surface area contributed by atoms with Crippen LogP contribution < -0.4 is 16.2 Å². The van der Waals surface area contributed by atoms with Crippen LogP contribution in [0.3, 0.4) is 0 Å². The van der Waals surface area contributed by atoms with Crippen LogP contribution in [0.1, 0.15) is 47.1 Å². The quantitative estimate of drug-likeness (QED) is 0.338. The van der Waals surface area contributed by atoms with Crippen LogP contribution in [0.25, 0.3) is 16.6 Å². The van der Waals surface area contributed by atoms with Crippen LogP contribution >= 0.6 is 0 Å². The third-order valence-corrected chi connectivity index (χ3v) is 6.06. The van der Waals surface area contributed by atoms with E-state index in [1.807, 2.05) is 12.1 Å². The van der Waals surface area contributed by atoms with Gasteiger partial charge in [0.25, 0.3) is 17.4 Å². The third kappa shape index (κ3) is 4.24. The summed E-state index contributed by atoms with van der Waals surface area (Å²) in [5, 5.41) is 10.5. The van der Waals surface area contributed by atoms with E-state index in [2.05, 4.69) is 41.5 Å². The SMILES string of the molecule is CC(C)(C)c1ccc(C(=O)Nc2ccccc2NC(=O)c2cnn3c2[nH]c(=O)c2ccccc23)cc1. The van der Waals surface area contributed by atoms with Crippen LogP contribution in [-0.4, -0.2) is 26.4 Å². The first-order valence-corrected chi connectivity index (χ1v) is 11.5. The number of nitrogens with zero attached hydrogens (tertiary/aromatic N) is 2. The molecule has 0 radical (unpaired) electrons. The Labute approximate surface area is 207 Å². The molecule has 5 aromatic rings. The number of carbonyl (C=O) groups excluding carboxylic acids is 2. The van der Waals surface area contributed by atoms with Crippen molar-refractivity contribution in [2.45, 2.75) is 26.2 Å². The Morgan fingerprint density at radius 1 is 0.833 bits per heavy atom. The van der Waals surface area contributed by atoms with Crippen LogP contribution in [0.4, 0.5) is 11.4 Å². The monoisotopic (exact) mass is 479 g/mol. The number of hydrogen-bond acceptors (Lipinski definition) is 4. The predicted molar refractivity (Wildman–Crippen MR) is 141 cm³/mol. The first kappa shape index (κ1) is 23.0. The second-order valence-electron chi connectivity index (χ2n) is 9.57. The molecule has 2 aromatic heterocycles. The zero-order valence-electron chi connectivity index (χ0n) is 20.1. The molecule has 0 fully saturated rings. The van der Waals surface area contributed by atoms with Crippen LogP contribution in [0.2, 0.25) is 0 Å². The van der Waals surface area contributed by atoms with Gasteiger partial charge >= 0.3 is 0 Å². The molecule has 3 N–H and O–H groups in total. The highest BCUT2D eigenvalue weighted by Crippen LogP contribution is 2.25. The lowest BCUT2D eigenvalue weighted by molar-refractivity contribution is 0.101. The Morgan fingerprint density at radius 3 is 2.11 bits per heavy atom. The second kappa shape index (κ2) is 8.81. The number of benzene rings is 3. The largest absolute Gasteiger partial charge is 0.320 e. The minimum absolute atomic E-state index is 0.0133. The van der Waals surface area contributed by atoms with Crippen LogP contribution in [0, 0.1) is 0 Å². The van der Waals surface area contributed by atoms with E-state index in [1.54, 1.807) is 60.7 Å². The van der Waals surface area contributed by atoms with Crippen molar-refractivity contribution in [1.82, 2.24) is 14.6 Å². The molecular weight excluding hydrogens is 454 g/mol. The van der Waals surface area contributed by atoms with Crippen molar-refractivity contribution >= 4 is 39.7 Å². The Morgan fingerprint density at radius 2 is 1.44 bits per heavy atom. The number of fused-ring (bicyclic) bond motifs is 3. The number of anilines is 2. The van der Waals surface area contributed by atoms with Crippen LogP contribution in [-0.2, 0) is 5.41 Å². The molecule has 0 saturated heterocycles. The Bertz CT molecular complexity index is 1670. The fourth-order valence-electron chi connectivity index (χ4n) is 4.05. The summed E-state index contributed by atoms with van der Waals surface area (Å²) in [5.74, 6) is -0.754. The molecule has 0 aliphatic rings. The van der Waals surface area contributed by atoms with Gasteiger partial charge in [-0.25, -0.2) is 4.52 Å². The molecule has 2 heterocycles. The number of amides is 2. The van der Waals surface area contributed by atoms with Gasteiger partial charge < -0.3 is 15.6 Å². The highest BCUT2D eigenvalue weighted by atomic mass is 16.2. The smallest absolute Gasteiger partial charge is 0.261 e. The standard InChI is InChI=1S/C28H25N5O3/c1-28(2,3)18-14-12-17(13-15-18)25(34)30-21-9-5-6-10-22(21)31-27(36)20-16-29-33-23-11-7-4-8-19(23)26(35)32-24(20)33/h4-16H,1-3H3,(H,30,34)(H,31,36)(H,32,35). The van der Waals surface area contributed by atoms with Crippen molar-refractivity contribution < 1.29 is 9.59 Å². The van der Waals surface area contributed by atoms with Gasteiger partial charge in [-0.15, -0.1) is 0 Å². The molecule has 0 unspecified atom stereocenters. The average molecular weight is 480 g/mol. The Kier molecular flexibility index (Phi) is 5.64. The molecule has 0 atom stereocenters. The summed E-state index contributed by atoms with van der Waals surface area (Å²) in [5.41, 5.74) is 3.28. The number of para-hydroxylation sites is 3. The molecule has 3 aromatic carbocycles. The van der Waals surface area contributed by atoms with Crippen LogP contribution in [0.5, 0.6) is 0 Å². The van der Waals surface area contributed by atoms with E-state index < -0.39 is 5.91 Å². The molecule has 0 saturated carbocycles. The van der Waals surface area contributed by atoms with Crippen LogP contribution in [0.15, 0.2) is 83.8 Å². The maximum Gasteiger partial charge on any atom is 0.261 e. The normalized spacial score (nSPS) is 11.5. The number of rotatable bonds is 4. The van der Waals surface area contributed by atoms with Gasteiger partial charge in [-0.3, -0.25) is 14.4 Å². The number of nitrogens with one attached hydrogen (secondary N) is 3. The van der Waals surface area contributed by atoms with E-state index in [4.69, 9.17) is 0 Å². The van der Waals surface area contributed by atoms with Crippen molar-refractivity contribution in [3.63, 3.8) is 0 Å². The minimum Gasteiger partial charge on any atom is -0.320 e. The topological polar surface area (TPSA) is 108 Å². The molecule has 180 valence electrons. The maximum absolute atomic E-state index is 13.2. The maximum atomic E-state index is 13.2. The zero-order valence-corrected chi connectivity index (χ0v) is 20.1. The fourth-order valence-corrected chi connectivity index (χ4v) is 4.05. The summed E-state index contributed by atoms with van der Waals surface area (Å²) in [6.45, 7) is 6.34. The first-order valence-electron chi connectivity index (χ1n) is 11.5. The average Bonchev–Trinajstić information content (AvgIpc) is 3.29. The number of carbonyl (C=O) groups is 2. The van der Waals surface area contributed by atoms with Gasteiger partial charge in [0.1, 0.15) is 11.2 Å². The second-order valence-corrected chi connectivity index (χ2v) is 9.57. The Balaban J connectivity index is 1.41. The Hall–Kier alpha value is -4.72. The van der Waals surface area contributed by atoms with E-state index in [-0.39, 0.29) is 28.1 Å². The van der Waals surface area contributed by atoms with E-state index >= 15 is 0 Å². The summed E-state index contributed by atoms with van der Waals surface area (Å²) in [6.07, 6.45) is 1.41. The number of H-pyrrole nitrogens is 1. The zero-order chi connectivity index (χ0) is 25.4. The molecule has 5 rings (SSSR count). The number of hydrogen-bond donors (Lipinski definition) is 3. The molecule has 36 heavy (non-hydrogen) atoms. The summed E-state index contributed by atoms with van der Waals surface area (Å²) in [4.78, 5) is 41.4. The lowest BCUT2D eigenvalue weighted by Gasteiger charge is -2.19. The lowest BCUT2D eigenvalue weighted by atomic mass is 9.87. The summed E-state index contributed by atoms with van der Waals surface area (Å²) in [7, 11) is 0. The van der Waals surface area contributed by atoms with E-state index in [0.717, 1.165) is 5.56 Å². The van der Waals surface area contributed by atoms with Crippen molar-refractivity contribution in [2.75, 3.05) is 10.6 Å². The highest BCUT2D eigenvalue weighted by molar-refractivity contribution is 6.12. The summed E-state index contributed by atoms with van der Waals surface area (Å²) in [6, 6.07) is 21.4. The number of aromatic nitrogens is 3. The van der Waals surface area contributed by atoms with Gasteiger partial charge in [-0.1, -0.05) is 57.2 Å². The fraction of sp³-hybridized carbons (Fsp3) is 0.143. The number of aromatic amines is 1. The molecule has 2 amide bonds. The summed E-state index contributed by atoms with van der Waals surface area (Å²) < 4.78 is 1.53. The first-order chi connectivity index (χ1) is 17.2. The van der Waals surface area contributed by atoms with E-state index in [1.165, 1.54) is 10.7 Å². The molecule has 0 spiro atoms. The van der Waals surface area contributed by atoms with Gasteiger partial charge in [0.15, 0.2) is 0 Å². The van der Waals surface area contributed by atoms with E-state index in [0.29, 0.717) is 27.8 Å². The summed E-state index contributed by atoms with van der Waals surface area (Å²) >= 11 is 0. The third-order valence-electron chi connectivity index (χ3n) is 6.06. The van der Waals surface area contributed by atoms with Gasteiger partial charge in [-0.05, 0) is 47.4 Å². The predicted octanol–water partition coefficient (Wildman–Crippen LogP) is 4.98. The molecule has 0 aliphatic carbocycles. The van der Waals surface area contributed by atoms with Crippen molar-refractivity contribution in [2.24, 2.45) is 0 Å². The van der Waals surface area contributed by atoms with Gasteiger partial charge in [-0.2, -0.15) is 5.10 Å². The van der Waals surface area contributed by atoms with Gasteiger partial charge in [0, 0.05) is 5.56 Å². The highest BCUT2D eigenvalue weighted by Gasteiger charge is 2.19. The van der Waals surface area contributed by atoms with Crippen molar-refractivity contribution in [1.29, 1.82) is 0 Å². The molecule has 0 aliphatic heterocycles. The van der Waals surface area contributed by atoms with Crippen molar-refractivity contribution in [3.05, 3.63) is 106 Å². The minimum atomic E-state index is -0.466. The molecule has 0 bridgehead atoms. The molecule has 8 nitrogen and oxygen atoms in total. The van der Waals surface area contributed by atoms with Crippen molar-refractivity contribution in [3.8, 4) is 0 Å². The molecular formula is C28H25N5O3.